The maximum absolute atomic E-state index is 13.2. The summed E-state index contributed by atoms with van der Waals surface area (Å²) < 4.78 is 10.5. The number of benzene rings is 1. The van der Waals surface area contributed by atoms with Crippen molar-refractivity contribution in [1.82, 2.24) is 4.90 Å². The molecule has 7 atom stereocenters. The number of carbonyl (C=O) groups excluding carboxylic acids is 3. The summed E-state index contributed by atoms with van der Waals surface area (Å²) in [5.74, 6) is 0.955. The number of nitrogens with one attached hydrogen (secondary N) is 1. The van der Waals surface area contributed by atoms with Gasteiger partial charge in [-0.1, -0.05) is 12.2 Å². The zero-order chi connectivity index (χ0) is 20.4. The van der Waals surface area contributed by atoms with Gasteiger partial charge in [0.15, 0.2) is 0 Å². The van der Waals surface area contributed by atoms with E-state index in [0.717, 1.165) is 6.42 Å². The van der Waals surface area contributed by atoms with Crippen molar-refractivity contribution in [3.8, 4) is 11.5 Å². The number of amides is 3. The number of carbonyl (C=O) groups is 3. The van der Waals surface area contributed by atoms with E-state index in [2.05, 4.69) is 17.5 Å². The van der Waals surface area contributed by atoms with Gasteiger partial charge in [-0.05, 0) is 49.1 Å². The van der Waals surface area contributed by atoms with Crippen LogP contribution >= 0.6 is 0 Å². The Labute approximate surface area is 169 Å². The van der Waals surface area contributed by atoms with Crippen LogP contribution < -0.4 is 14.8 Å². The average molecular weight is 396 g/mol. The van der Waals surface area contributed by atoms with Crippen LogP contribution in [0.5, 0.6) is 11.5 Å². The van der Waals surface area contributed by atoms with Gasteiger partial charge in [-0.15, -0.1) is 0 Å². The number of methoxy groups -OCH3 is 2. The summed E-state index contributed by atoms with van der Waals surface area (Å²) in [6, 6.07) is 4.17. The van der Waals surface area contributed by atoms with Crippen LogP contribution in [0.25, 0.3) is 0 Å². The molecule has 3 fully saturated rings. The van der Waals surface area contributed by atoms with Gasteiger partial charge in [-0.2, -0.15) is 0 Å². The number of hydrogen-bond acceptors (Lipinski definition) is 5. The molecule has 6 rings (SSSR count). The summed E-state index contributed by atoms with van der Waals surface area (Å²) in [6.07, 6.45) is 5.36. The molecular weight excluding hydrogens is 372 g/mol. The van der Waals surface area contributed by atoms with Crippen LogP contribution in [-0.4, -0.2) is 42.9 Å². The molecule has 0 aromatic heterocycles. The number of imide groups is 1. The van der Waals surface area contributed by atoms with Crippen LogP contribution in [0.3, 0.4) is 0 Å². The standard InChI is InChI=1S/C22H24N2O5/c1-10(20(25)23-16-8-11(28-2)4-7-17(16)29-3)24-21(26)18-12-5-6-13(15-9-14(12)15)19(18)22(24)27/h4-8,10,12-15,18-19H,9H2,1-3H3,(H,23,25)/t10-,12+,13+,14+,15+,18-,19+/m0/s1. The van der Waals surface area contributed by atoms with Crippen LogP contribution in [0.2, 0.25) is 0 Å². The van der Waals surface area contributed by atoms with Crippen molar-refractivity contribution in [3.63, 3.8) is 0 Å². The van der Waals surface area contributed by atoms with Crippen molar-refractivity contribution in [2.75, 3.05) is 19.5 Å². The monoisotopic (exact) mass is 396 g/mol. The third kappa shape index (κ3) is 2.52. The summed E-state index contributed by atoms with van der Waals surface area (Å²) in [5, 5.41) is 2.79. The zero-order valence-electron chi connectivity index (χ0n) is 16.6. The van der Waals surface area contributed by atoms with Gasteiger partial charge in [0.1, 0.15) is 17.5 Å². The maximum Gasteiger partial charge on any atom is 0.247 e. The van der Waals surface area contributed by atoms with Gasteiger partial charge >= 0.3 is 0 Å². The highest BCUT2D eigenvalue weighted by atomic mass is 16.5. The second kappa shape index (κ2) is 6.34. The molecule has 7 heteroatoms. The fraction of sp³-hybridized carbons (Fsp3) is 0.500. The number of nitrogens with zero attached hydrogens (tertiary/aromatic N) is 1. The first-order valence-corrected chi connectivity index (χ1v) is 10.0. The molecule has 0 radical (unpaired) electrons. The highest BCUT2D eigenvalue weighted by Gasteiger charge is 2.67. The normalized spacial score (nSPS) is 34.5. The number of allylic oxidation sites excluding steroid dienone is 2. The van der Waals surface area contributed by atoms with Gasteiger partial charge in [0.2, 0.25) is 17.7 Å². The third-order valence-corrected chi connectivity index (χ3v) is 7.13. The van der Waals surface area contributed by atoms with Crippen molar-refractivity contribution in [3.05, 3.63) is 30.4 Å². The summed E-state index contributed by atoms with van der Waals surface area (Å²) >= 11 is 0. The largest absolute Gasteiger partial charge is 0.497 e. The molecule has 1 aromatic carbocycles. The third-order valence-electron chi connectivity index (χ3n) is 7.13. The predicted octanol–water partition coefficient (Wildman–Crippen LogP) is 2.08. The molecule has 5 aliphatic rings. The van der Waals surface area contributed by atoms with Gasteiger partial charge in [0.25, 0.3) is 0 Å². The Morgan fingerprint density at radius 3 is 2.24 bits per heavy atom. The SMILES string of the molecule is COc1ccc(OC)c(NC(=O)[C@H](C)N2C(=O)[C@@H]3[C@@H]4C=C[C@H]([C@H]5C[C@H]45)[C@@H]3C2=O)c1. The van der Waals surface area contributed by atoms with Crippen molar-refractivity contribution < 1.29 is 23.9 Å². The molecule has 29 heavy (non-hydrogen) atoms. The molecule has 1 N–H and O–H groups in total. The number of rotatable bonds is 5. The van der Waals surface area contributed by atoms with Crippen molar-refractivity contribution in [2.24, 2.45) is 35.5 Å². The molecule has 152 valence electrons. The van der Waals surface area contributed by atoms with Crippen LogP contribution in [0.1, 0.15) is 13.3 Å². The number of hydrogen-bond donors (Lipinski definition) is 1. The number of ether oxygens (including phenoxy) is 2. The molecule has 2 bridgehead atoms. The molecular formula is C22H24N2O5. The van der Waals surface area contributed by atoms with Gasteiger partial charge in [-0.3, -0.25) is 19.3 Å². The van der Waals surface area contributed by atoms with E-state index in [1.165, 1.54) is 19.1 Å². The number of likely N-dealkylation sites (tertiary alicyclic amines) is 1. The Bertz CT molecular complexity index is 905. The quantitative estimate of drug-likeness (QED) is 0.609. The number of anilines is 1. The molecule has 0 unspecified atom stereocenters. The lowest BCUT2D eigenvalue weighted by Gasteiger charge is -2.37. The second-order valence-corrected chi connectivity index (χ2v) is 8.43. The first-order chi connectivity index (χ1) is 14.0. The van der Waals surface area contributed by atoms with Gasteiger partial charge in [-0.25, -0.2) is 0 Å². The summed E-state index contributed by atoms with van der Waals surface area (Å²) in [4.78, 5) is 40.5. The second-order valence-electron chi connectivity index (χ2n) is 8.43. The Hall–Kier alpha value is -2.83. The first-order valence-electron chi connectivity index (χ1n) is 10.0. The molecule has 1 aliphatic heterocycles. The summed E-state index contributed by atoms with van der Waals surface area (Å²) in [6.45, 7) is 1.60. The van der Waals surface area contributed by atoms with Gasteiger partial charge in [0, 0.05) is 6.07 Å². The summed E-state index contributed by atoms with van der Waals surface area (Å²) in [5.41, 5.74) is 0.434. The maximum atomic E-state index is 13.2. The smallest absolute Gasteiger partial charge is 0.247 e. The Morgan fingerprint density at radius 1 is 1.07 bits per heavy atom. The molecule has 3 amide bonds. The lowest BCUT2D eigenvalue weighted by molar-refractivity contribution is -0.146. The highest BCUT2D eigenvalue weighted by Crippen LogP contribution is 2.65. The van der Waals surface area contributed by atoms with Crippen LogP contribution in [0, 0.1) is 35.5 Å². The van der Waals surface area contributed by atoms with E-state index in [0.29, 0.717) is 29.0 Å². The van der Waals surface area contributed by atoms with E-state index in [-0.39, 0.29) is 35.5 Å². The summed E-state index contributed by atoms with van der Waals surface area (Å²) in [7, 11) is 3.04. The molecule has 7 nitrogen and oxygen atoms in total. The minimum atomic E-state index is -0.896. The molecule has 0 spiro atoms. The van der Waals surface area contributed by atoms with Gasteiger partial charge < -0.3 is 14.8 Å². The lowest BCUT2D eigenvalue weighted by atomic mass is 9.63. The molecule has 4 aliphatic carbocycles. The van der Waals surface area contributed by atoms with Crippen LogP contribution in [0.4, 0.5) is 5.69 Å². The van der Waals surface area contributed by atoms with Gasteiger partial charge in [0.05, 0.1) is 31.7 Å². The average Bonchev–Trinajstić information content (AvgIpc) is 3.51. The zero-order valence-corrected chi connectivity index (χ0v) is 16.6. The van der Waals surface area contributed by atoms with E-state index < -0.39 is 11.9 Å². The fourth-order valence-electron chi connectivity index (χ4n) is 5.63. The van der Waals surface area contributed by atoms with E-state index in [9.17, 15) is 14.4 Å². The fourth-order valence-corrected chi connectivity index (χ4v) is 5.63. The highest BCUT2D eigenvalue weighted by molar-refractivity contribution is 6.10. The van der Waals surface area contributed by atoms with Crippen LogP contribution in [-0.2, 0) is 14.4 Å². The Balaban J connectivity index is 1.38. The minimum Gasteiger partial charge on any atom is -0.497 e. The van der Waals surface area contributed by atoms with E-state index in [1.54, 1.807) is 25.1 Å². The van der Waals surface area contributed by atoms with Crippen LogP contribution in [0.15, 0.2) is 30.4 Å². The molecule has 1 aromatic rings. The van der Waals surface area contributed by atoms with Crippen molar-refractivity contribution in [1.29, 1.82) is 0 Å². The lowest BCUT2D eigenvalue weighted by Crippen LogP contribution is -2.46. The molecule has 1 heterocycles. The topological polar surface area (TPSA) is 84.9 Å². The van der Waals surface area contributed by atoms with E-state index in [4.69, 9.17) is 9.47 Å². The molecule has 1 saturated heterocycles. The predicted molar refractivity (Wildman–Crippen MR) is 104 cm³/mol. The Kier molecular flexibility index (Phi) is 3.98. The Morgan fingerprint density at radius 2 is 1.69 bits per heavy atom. The van der Waals surface area contributed by atoms with Crippen molar-refractivity contribution in [2.45, 2.75) is 19.4 Å². The minimum absolute atomic E-state index is 0.144. The van der Waals surface area contributed by atoms with E-state index in [1.807, 2.05) is 0 Å². The van der Waals surface area contributed by atoms with Crippen molar-refractivity contribution >= 4 is 23.4 Å². The molecule has 2 saturated carbocycles. The first kappa shape index (κ1) is 18.2. The van der Waals surface area contributed by atoms with E-state index >= 15 is 0 Å².